The van der Waals surface area contributed by atoms with Gasteiger partial charge in [0.1, 0.15) is 5.82 Å². The molecule has 1 aliphatic heterocycles. The third-order valence-corrected chi connectivity index (χ3v) is 4.08. The summed E-state index contributed by atoms with van der Waals surface area (Å²) in [6, 6.07) is 3.56. The SMILES string of the molecule is Nc1cc(F)c(Cl)cc1N1CC2CCC1C2. The molecule has 2 nitrogen and oxygen atoms in total. The van der Waals surface area contributed by atoms with Gasteiger partial charge in [0.25, 0.3) is 0 Å². The molecule has 0 amide bonds. The van der Waals surface area contributed by atoms with E-state index in [0.717, 1.165) is 18.2 Å². The van der Waals surface area contributed by atoms with Gasteiger partial charge < -0.3 is 10.6 Å². The summed E-state index contributed by atoms with van der Waals surface area (Å²) >= 11 is 5.81. The fourth-order valence-electron chi connectivity index (χ4n) is 3.02. The van der Waals surface area contributed by atoms with Crippen LogP contribution >= 0.6 is 11.6 Å². The van der Waals surface area contributed by atoms with E-state index in [-0.39, 0.29) is 5.02 Å². The summed E-state index contributed by atoms with van der Waals surface area (Å²) in [7, 11) is 0. The van der Waals surface area contributed by atoms with Gasteiger partial charge in [-0.2, -0.15) is 0 Å². The third kappa shape index (κ3) is 1.46. The number of benzene rings is 1. The van der Waals surface area contributed by atoms with Gasteiger partial charge in [0.15, 0.2) is 0 Å². The minimum absolute atomic E-state index is 0.159. The first-order valence-electron chi connectivity index (χ1n) is 5.66. The number of halogens is 2. The van der Waals surface area contributed by atoms with Gasteiger partial charge in [-0.05, 0) is 31.2 Å². The van der Waals surface area contributed by atoms with Crippen molar-refractivity contribution in [1.82, 2.24) is 0 Å². The number of nitrogens with zero attached hydrogens (tertiary/aromatic N) is 1. The molecule has 0 radical (unpaired) electrons. The quantitative estimate of drug-likeness (QED) is 0.765. The van der Waals surface area contributed by atoms with Crippen LogP contribution in [0.2, 0.25) is 5.02 Å². The second kappa shape index (κ2) is 3.52. The molecule has 2 bridgehead atoms. The van der Waals surface area contributed by atoms with Crippen molar-refractivity contribution in [1.29, 1.82) is 0 Å². The van der Waals surface area contributed by atoms with Crippen molar-refractivity contribution in [2.45, 2.75) is 25.3 Å². The van der Waals surface area contributed by atoms with Crippen LogP contribution in [0.5, 0.6) is 0 Å². The topological polar surface area (TPSA) is 29.3 Å². The predicted molar refractivity (Wildman–Crippen MR) is 64.3 cm³/mol. The molecule has 0 spiro atoms. The minimum atomic E-state index is -0.438. The number of nitrogen functional groups attached to an aromatic ring is 1. The van der Waals surface area contributed by atoms with Crippen LogP contribution in [0.1, 0.15) is 19.3 Å². The molecule has 2 aliphatic rings. The zero-order valence-corrected chi connectivity index (χ0v) is 9.67. The Labute approximate surface area is 99.2 Å². The summed E-state index contributed by atoms with van der Waals surface area (Å²) in [5, 5.41) is 0.159. The van der Waals surface area contributed by atoms with Crippen LogP contribution in [0.3, 0.4) is 0 Å². The van der Waals surface area contributed by atoms with Gasteiger partial charge in [0.2, 0.25) is 0 Å². The van der Waals surface area contributed by atoms with Crippen LogP contribution in [0.15, 0.2) is 12.1 Å². The van der Waals surface area contributed by atoms with Gasteiger partial charge in [-0.15, -0.1) is 0 Å². The predicted octanol–water partition coefficient (Wildman–Crippen LogP) is 3.05. The highest BCUT2D eigenvalue weighted by Gasteiger charge is 2.38. The Hall–Kier alpha value is -0.960. The molecule has 2 unspecified atom stereocenters. The smallest absolute Gasteiger partial charge is 0.143 e. The lowest BCUT2D eigenvalue weighted by molar-refractivity contribution is 0.553. The van der Waals surface area contributed by atoms with E-state index in [4.69, 9.17) is 17.3 Å². The first kappa shape index (κ1) is 10.2. The summed E-state index contributed by atoms with van der Waals surface area (Å²) in [5.41, 5.74) is 7.26. The minimum Gasteiger partial charge on any atom is -0.397 e. The molecule has 1 aliphatic carbocycles. The molecule has 3 rings (SSSR count). The molecule has 2 N–H and O–H groups in total. The highest BCUT2D eigenvalue weighted by molar-refractivity contribution is 6.31. The van der Waals surface area contributed by atoms with E-state index in [0.29, 0.717) is 11.7 Å². The molecule has 1 aromatic rings. The molecular formula is C12H14ClFN2. The van der Waals surface area contributed by atoms with Gasteiger partial charge in [-0.1, -0.05) is 11.6 Å². The van der Waals surface area contributed by atoms with Crippen molar-refractivity contribution < 1.29 is 4.39 Å². The van der Waals surface area contributed by atoms with Crippen LogP contribution in [0, 0.1) is 11.7 Å². The molecule has 86 valence electrons. The molecule has 1 aromatic carbocycles. The summed E-state index contributed by atoms with van der Waals surface area (Å²) < 4.78 is 13.2. The van der Waals surface area contributed by atoms with Gasteiger partial charge in [-0.3, -0.25) is 0 Å². The highest BCUT2D eigenvalue weighted by atomic mass is 35.5. The summed E-state index contributed by atoms with van der Waals surface area (Å²) in [4.78, 5) is 2.29. The fourth-order valence-corrected chi connectivity index (χ4v) is 3.18. The van der Waals surface area contributed by atoms with E-state index in [1.54, 1.807) is 6.07 Å². The summed E-state index contributed by atoms with van der Waals surface area (Å²) in [6.45, 7) is 1.04. The van der Waals surface area contributed by atoms with Gasteiger partial charge >= 0.3 is 0 Å². The average Bonchev–Trinajstić information content (AvgIpc) is 2.84. The average molecular weight is 241 g/mol. The Morgan fingerprint density at radius 1 is 1.38 bits per heavy atom. The van der Waals surface area contributed by atoms with Crippen molar-refractivity contribution in [3.05, 3.63) is 23.0 Å². The van der Waals surface area contributed by atoms with Crippen molar-refractivity contribution in [3.63, 3.8) is 0 Å². The zero-order chi connectivity index (χ0) is 11.3. The first-order valence-corrected chi connectivity index (χ1v) is 6.04. The van der Waals surface area contributed by atoms with E-state index in [1.165, 1.54) is 25.3 Å². The number of rotatable bonds is 1. The molecule has 1 heterocycles. The summed E-state index contributed by atoms with van der Waals surface area (Å²) in [5.74, 6) is 0.348. The van der Waals surface area contributed by atoms with Crippen LogP contribution in [0.4, 0.5) is 15.8 Å². The molecule has 2 fully saturated rings. The van der Waals surface area contributed by atoms with Crippen molar-refractivity contribution in [3.8, 4) is 0 Å². The Balaban J connectivity index is 1.98. The largest absolute Gasteiger partial charge is 0.397 e. The standard InChI is InChI=1S/C12H14ClFN2/c13-9-4-12(11(15)5-10(9)14)16-6-7-1-2-8(16)3-7/h4-5,7-8H,1-3,6,15H2. The molecule has 2 atom stereocenters. The number of anilines is 2. The third-order valence-electron chi connectivity index (χ3n) is 3.79. The Bertz CT molecular complexity index is 435. The maximum absolute atomic E-state index is 13.2. The molecular weight excluding hydrogens is 227 g/mol. The van der Waals surface area contributed by atoms with Crippen LogP contribution in [-0.2, 0) is 0 Å². The zero-order valence-electron chi connectivity index (χ0n) is 8.92. The second-order valence-electron chi connectivity index (χ2n) is 4.81. The van der Waals surface area contributed by atoms with Gasteiger partial charge in [0.05, 0.1) is 16.4 Å². The Morgan fingerprint density at radius 2 is 2.19 bits per heavy atom. The fraction of sp³-hybridized carbons (Fsp3) is 0.500. The maximum Gasteiger partial charge on any atom is 0.143 e. The number of nitrogens with two attached hydrogens (primary N) is 1. The Kier molecular flexibility index (Phi) is 2.25. The first-order chi connectivity index (χ1) is 7.65. The van der Waals surface area contributed by atoms with Crippen molar-refractivity contribution >= 4 is 23.0 Å². The lowest BCUT2D eigenvalue weighted by Crippen LogP contribution is -2.32. The van der Waals surface area contributed by atoms with E-state index in [9.17, 15) is 4.39 Å². The molecule has 16 heavy (non-hydrogen) atoms. The lowest BCUT2D eigenvalue weighted by Gasteiger charge is -2.30. The van der Waals surface area contributed by atoms with Gasteiger partial charge in [0, 0.05) is 18.7 Å². The van der Waals surface area contributed by atoms with E-state index in [1.807, 2.05) is 0 Å². The number of piperidine rings is 1. The molecule has 0 aromatic heterocycles. The summed E-state index contributed by atoms with van der Waals surface area (Å²) in [6.07, 6.45) is 3.78. The maximum atomic E-state index is 13.2. The normalized spacial score (nSPS) is 27.8. The van der Waals surface area contributed by atoms with Gasteiger partial charge in [-0.25, -0.2) is 4.39 Å². The van der Waals surface area contributed by atoms with Crippen molar-refractivity contribution in [2.75, 3.05) is 17.2 Å². The number of fused-ring (bicyclic) bond motifs is 2. The molecule has 1 saturated carbocycles. The lowest BCUT2D eigenvalue weighted by atomic mass is 10.1. The molecule has 1 saturated heterocycles. The molecule has 4 heteroatoms. The second-order valence-corrected chi connectivity index (χ2v) is 5.22. The number of hydrogen-bond acceptors (Lipinski definition) is 2. The number of hydrogen-bond donors (Lipinski definition) is 1. The Morgan fingerprint density at radius 3 is 2.81 bits per heavy atom. The van der Waals surface area contributed by atoms with E-state index >= 15 is 0 Å². The van der Waals surface area contributed by atoms with Crippen molar-refractivity contribution in [2.24, 2.45) is 5.92 Å². The van der Waals surface area contributed by atoms with Crippen LogP contribution < -0.4 is 10.6 Å². The van der Waals surface area contributed by atoms with E-state index < -0.39 is 5.82 Å². The van der Waals surface area contributed by atoms with E-state index in [2.05, 4.69) is 4.90 Å². The monoisotopic (exact) mass is 240 g/mol. The van der Waals surface area contributed by atoms with Crippen LogP contribution in [0.25, 0.3) is 0 Å². The highest BCUT2D eigenvalue weighted by Crippen LogP contribution is 2.42. The van der Waals surface area contributed by atoms with Crippen LogP contribution in [-0.4, -0.2) is 12.6 Å².